The first kappa shape index (κ1) is 18.0. The highest BCUT2D eigenvalue weighted by atomic mass is 19.1. The van der Waals surface area contributed by atoms with E-state index in [4.69, 9.17) is 0 Å². The van der Waals surface area contributed by atoms with Crippen molar-refractivity contribution in [1.29, 1.82) is 0 Å². The summed E-state index contributed by atoms with van der Waals surface area (Å²) in [5, 5.41) is 0. The van der Waals surface area contributed by atoms with Crippen LogP contribution in [-0.2, 0) is 0 Å². The van der Waals surface area contributed by atoms with Gasteiger partial charge in [0, 0.05) is 17.4 Å². The Bertz CT molecular complexity index is 1150. The molecule has 0 aliphatic carbocycles. The van der Waals surface area contributed by atoms with E-state index in [-0.39, 0.29) is 24.0 Å². The van der Waals surface area contributed by atoms with Gasteiger partial charge in [-0.1, -0.05) is 12.1 Å². The number of para-hydroxylation sites is 1. The van der Waals surface area contributed by atoms with Gasteiger partial charge in [-0.05, 0) is 62.2 Å². The van der Waals surface area contributed by atoms with Gasteiger partial charge in [0.2, 0.25) is 5.56 Å². The number of halogens is 1. The molecule has 0 radical (unpaired) electrons. The summed E-state index contributed by atoms with van der Waals surface area (Å²) in [7, 11) is 0. The van der Waals surface area contributed by atoms with Crippen LogP contribution in [0.3, 0.4) is 0 Å². The number of aromatic amines is 1. The summed E-state index contributed by atoms with van der Waals surface area (Å²) < 4.78 is 13.7. The summed E-state index contributed by atoms with van der Waals surface area (Å²) in [6.07, 6.45) is 0. The molecule has 0 unspecified atom stereocenters. The topological polar surface area (TPSA) is 56.4 Å². The Balaban J connectivity index is 1.92. The average Bonchev–Trinajstić information content (AvgIpc) is 2.64. The van der Waals surface area contributed by atoms with Crippen molar-refractivity contribution in [3.63, 3.8) is 0 Å². The predicted molar refractivity (Wildman–Crippen MR) is 108 cm³/mol. The van der Waals surface area contributed by atoms with Crippen molar-refractivity contribution >= 4 is 23.0 Å². The van der Waals surface area contributed by atoms with E-state index in [0.29, 0.717) is 16.9 Å². The summed E-state index contributed by atoms with van der Waals surface area (Å²) in [4.78, 5) is 31.3. The lowest BCUT2D eigenvalue weighted by Crippen LogP contribution is -2.46. The minimum atomic E-state index is -0.298. The van der Waals surface area contributed by atoms with Gasteiger partial charge in [0.1, 0.15) is 12.5 Å². The molecule has 1 N–H and O–H groups in total. The molecule has 142 valence electrons. The molecule has 1 aromatic heterocycles. The van der Waals surface area contributed by atoms with Gasteiger partial charge in [-0.3, -0.25) is 14.5 Å². The smallest absolute Gasteiger partial charge is 0.261 e. The number of nitrogens with zero attached hydrogens (tertiary/aromatic N) is 2. The number of fused-ring (bicyclic) bond motifs is 1. The number of carbonyl (C=O) groups excluding carboxylic acids is 1. The summed E-state index contributed by atoms with van der Waals surface area (Å²) in [5.41, 5.74) is 5.01. The lowest BCUT2D eigenvalue weighted by atomic mass is 10.0. The first-order valence-electron chi connectivity index (χ1n) is 9.02. The number of hydrogen-bond acceptors (Lipinski definition) is 3. The molecule has 0 atom stereocenters. The fourth-order valence-electron chi connectivity index (χ4n) is 3.78. The second kappa shape index (κ2) is 6.64. The van der Waals surface area contributed by atoms with Crippen molar-refractivity contribution in [3.05, 3.63) is 87.1 Å². The Kier molecular flexibility index (Phi) is 4.26. The molecule has 3 aromatic rings. The SMILES string of the molecule is Cc1cc(F)ccc1N1CN(c2ccc(=O)[nH]c2C)C(=O)c2cccc(C)c21. The highest BCUT2D eigenvalue weighted by Crippen LogP contribution is 2.39. The molecule has 2 aromatic carbocycles. The van der Waals surface area contributed by atoms with Crippen LogP contribution >= 0.6 is 0 Å². The van der Waals surface area contributed by atoms with Gasteiger partial charge in [-0.25, -0.2) is 4.39 Å². The normalized spacial score (nSPS) is 13.6. The standard InChI is InChI=1S/C22H20FN3O2/c1-13-5-4-6-17-21(13)25(18-8-7-16(23)11-14(18)2)12-26(22(17)28)19-9-10-20(27)24-15(19)3/h4-11H,12H2,1-3H3,(H,24,27). The highest BCUT2D eigenvalue weighted by Gasteiger charge is 2.33. The molecule has 4 rings (SSSR count). The molecule has 1 aliphatic heterocycles. The van der Waals surface area contributed by atoms with E-state index in [1.165, 1.54) is 18.2 Å². The molecule has 0 spiro atoms. The number of H-pyrrole nitrogens is 1. The monoisotopic (exact) mass is 377 g/mol. The van der Waals surface area contributed by atoms with E-state index in [0.717, 1.165) is 22.5 Å². The first-order valence-corrected chi connectivity index (χ1v) is 9.02. The fraction of sp³-hybridized carbons (Fsp3) is 0.182. The number of amides is 1. The Labute approximate surface area is 162 Å². The van der Waals surface area contributed by atoms with Crippen molar-refractivity contribution in [2.45, 2.75) is 20.8 Å². The van der Waals surface area contributed by atoms with E-state index in [1.807, 2.05) is 30.9 Å². The Hall–Kier alpha value is -3.41. The van der Waals surface area contributed by atoms with Gasteiger partial charge in [0.25, 0.3) is 5.91 Å². The van der Waals surface area contributed by atoms with Crippen molar-refractivity contribution in [1.82, 2.24) is 4.98 Å². The number of aryl methyl sites for hydroxylation is 3. The average molecular weight is 377 g/mol. The molecule has 28 heavy (non-hydrogen) atoms. The molecule has 5 nitrogen and oxygen atoms in total. The van der Waals surface area contributed by atoms with E-state index >= 15 is 0 Å². The van der Waals surface area contributed by atoms with Crippen LogP contribution in [0.15, 0.2) is 53.3 Å². The molecule has 0 fully saturated rings. The van der Waals surface area contributed by atoms with Crippen LogP contribution in [-0.4, -0.2) is 17.6 Å². The molecule has 1 amide bonds. The Morgan fingerprint density at radius 3 is 2.36 bits per heavy atom. The number of aromatic nitrogens is 1. The molecule has 0 saturated heterocycles. The molecule has 2 heterocycles. The minimum Gasteiger partial charge on any atom is -0.324 e. The lowest BCUT2D eigenvalue weighted by Gasteiger charge is -2.40. The number of anilines is 3. The van der Waals surface area contributed by atoms with Crippen LogP contribution in [0.1, 0.15) is 27.2 Å². The highest BCUT2D eigenvalue weighted by molar-refractivity contribution is 6.13. The third-order valence-corrected chi connectivity index (χ3v) is 5.09. The summed E-state index contributed by atoms with van der Waals surface area (Å²) in [5.74, 6) is -0.433. The summed E-state index contributed by atoms with van der Waals surface area (Å²) >= 11 is 0. The number of carbonyl (C=O) groups is 1. The van der Waals surface area contributed by atoms with Gasteiger partial charge in [0.05, 0.1) is 16.9 Å². The van der Waals surface area contributed by atoms with Crippen LogP contribution in [0.4, 0.5) is 21.5 Å². The predicted octanol–water partition coefficient (Wildman–Crippen LogP) is 4.20. The number of nitrogens with one attached hydrogen (secondary N) is 1. The zero-order chi connectivity index (χ0) is 20.0. The second-order valence-electron chi connectivity index (χ2n) is 7.04. The molecular weight excluding hydrogens is 357 g/mol. The van der Waals surface area contributed by atoms with Crippen molar-refractivity contribution < 1.29 is 9.18 Å². The molecule has 0 bridgehead atoms. The second-order valence-corrected chi connectivity index (χ2v) is 7.04. The van der Waals surface area contributed by atoms with Crippen molar-refractivity contribution in [2.24, 2.45) is 0 Å². The summed E-state index contributed by atoms with van der Waals surface area (Å²) in [6.45, 7) is 5.83. The van der Waals surface area contributed by atoms with Crippen molar-refractivity contribution in [2.75, 3.05) is 16.5 Å². The van der Waals surface area contributed by atoms with Crippen LogP contribution in [0.25, 0.3) is 0 Å². The van der Waals surface area contributed by atoms with E-state index in [2.05, 4.69) is 4.98 Å². The molecular formula is C22H20FN3O2. The minimum absolute atomic E-state index is 0.134. The first-order chi connectivity index (χ1) is 13.4. The largest absolute Gasteiger partial charge is 0.324 e. The van der Waals surface area contributed by atoms with E-state index < -0.39 is 0 Å². The Morgan fingerprint density at radius 1 is 0.893 bits per heavy atom. The van der Waals surface area contributed by atoms with Gasteiger partial charge in [0.15, 0.2) is 0 Å². The number of hydrogen-bond donors (Lipinski definition) is 1. The van der Waals surface area contributed by atoms with Gasteiger partial charge in [-0.2, -0.15) is 0 Å². The zero-order valence-corrected chi connectivity index (χ0v) is 15.9. The molecule has 1 aliphatic rings. The molecule has 6 heteroatoms. The van der Waals surface area contributed by atoms with E-state index in [1.54, 1.807) is 30.0 Å². The van der Waals surface area contributed by atoms with Crippen LogP contribution < -0.4 is 15.4 Å². The third-order valence-electron chi connectivity index (χ3n) is 5.09. The van der Waals surface area contributed by atoms with Crippen LogP contribution in [0.5, 0.6) is 0 Å². The number of benzene rings is 2. The van der Waals surface area contributed by atoms with E-state index in [9.17, 15) is 14.0 Å². The van der Waals surface area contributed by atoms with Crippen LogP contribution in [0.2, 0.25) is 0 Å². The Morgan fingerprint density at radius 2 is 1.64 bits per heavy atom. The van der Waals surface area contributed by atoms with Crippen molar-refractivity contribution in [3.8, 4) is 0 Å². The quantitative estimate of drug-likeness (QED) is 0.728. The number of rotatable bonds is 2. The summed E-state index contributed by atoms with van der Waals surface area (Å²) in [6, 6.07) is 13.3. The van der Waals surface area contributed by atoms with Gasteiger partial charge >= 0.3 is 0 Å². The maximum atomic E-state index is 13.7. The third kappa shape index (κ3) is 2.87. The maximum absolute atomic E-state index is 13.7. The van der Waals surface area contributed by atoms with Gasteiger partial charge in [-0.15, -0.1) is 0 Å². The molecule has 0 saturated carbocycles. The number of pyridine rings is 1. The lowest BCUT2D eigenvalue weighted by molar-refractivity contribution is 0.0983. The maximum Gasteiger partial charge on any atom is 0.261 e. The fourth-order valence-corrected chi connectivity index (χ4v) is 3.78. The van der Waals surface area contributed by atoms with Crippen LogP contribution in [0, 0.1) is 26.6 Å². The van der Waals surface area contributed by atoms with Gasteiger partial charge < -0.3 is 9.88 Å². The zero-order valence-electron chi connectivity index (χ0n) is 15.9.